The van der Waals surface area contributed by atoms with E-state index >= 15 is 0 Å². The van der Waals surface area contributed by atoms with Crippen LogP contribution in [0.3, 0.4) is 0 Å². The zero-order valence-electron chi connectivity index (χ0n) is 26.3. The number of rotatable bonds is 7. The summed E-state index contributed by atoms with van der Waals surface area (Å²) in [6, 6.07) is 8.05. The van der Waals surface area contributed by atoms with Crippen LogP contribution in [0.1, 0.15) is 61.1 Å². The quantitative estimate of drug-likeness (QED) is 0.301. The van der Waals surface area contributed by atoms with Crippen LogP contribution in [0.15, 0.2) is 41.3 Å². The van der Waals surface area contributed by atoms with Gasteiger partial charge in [-0.25, -0.2) is 17.2 Å². The number of anilines is 3. The van der Waals surface area contributed by atoms with E-state index in [1.807, 2.05) is 26.0 Å². The van der Waals surface area contributed by atoms with Crippen molar-refractivity contribution >= 4 is 33.1 Å². The number of nitrogens with one attached hydrogen (secondary N) is 3. The van der Waals surface area contributed by atoms with Gasteiger partial charge in [-0.3, -0.25) is 9.89 Å². The summed E-state index contributed by atoms with van der Waals surface area (Å²) in [4.78, 5) is 18.0. The topological polar surface area (TPSA) is 134 Å². The van der Waals surface area contributed by atoms with Gasteiger partial charge >= 0.3 is 0 Å². The number of aliphatic hydroxyl groups is 1. The fourth-order valence-electron chi connectivity index (χ4n) is 6.66. The van der Waals surface area contributed by atoms with E-state index < -0.39 is 37.9 Å². The minimum Gasteiger partial charge on any atom is -0.393 e. The highest BCUT2D eigenvalue weighted by molar-refractivity contribution is 7.89. The van der Waals surface area contributed by atoms with Gasteiger partial charge in [-0.1, -0.05) is 13.8 Å². The molecule has 1 amide bonds. The molecule has 3 aliphatic rings. The molecule has 248 valence electrons. The van der Waals surface area contributed by atoms with Crippen molar-refractivity contribution in [3.63, 3.8) is 0 Å². The van der Waals surface area contributed by atoms with E-state index in [1.165, 1.54) is 0 Å². The van der Waals surface area contributed by atoms with Crippen LogP contribution >= 0.6 is 0 Å². The van der Waals surface area contributed by atoms with E-state index in [0.717, 1.165) is 61.1 Å². The summed E-state index contributed by atoms with van der Waals surface area (Å²) in [5, 5.41) is 23.8. The molecule has 2 aromatic carbocycles. The Kier molecular flexibility index (Phi) is 8.83. The van der Waals surface area contributed by atoms with Crippen molar-refractivity contribution in [1.29, 1.82) is 0 Å². The third-order valence-electron chi connectivity index (χ3n) is 9.33. The van der Waals surface area contributed by atoms with Crippen molar-refractivity contribution in [2.75, 3.05) is 55.3 Å². The van der Waals surface area contributed by atoms with Gasteiger partial charge in [0.25, 0.3) is 5.91 Å². The fourth-order valence-corrected chi connectivity index (χ4v) is 8.27. The molecule has 0 spiro atoms. The van der Waals surface area contributed by atoms with Crippen LogP contribution in [0.5, 0.6) is 0 Å². The molecule has 0 bridgehead atoms. The first kappa shape index (κ1) is 32.4. The van der Waals surface area contributed by atoms with Gasteiger partial charge in [-0.05, 0) is 63.1 Å². The second-order valence-corrected chi connectivity index (χ2v) is 15.2. The summed E-state index contributed by atoms with van der Waals surface area (Å²) < 4.78 is 56.2. The maximum absolute atomic E-state index is 14.0. The third kappa shape index (κ3) is 6.61. The van der Waals surface area contributed by atoms with Crippen molar-refractivity contribution in [2.45, 2.75) is 68.5 Å². The average Bonchev–Trinajstić information content (AvgIpc) is 3.41. The molecule has 0 atom stereocenters. The maximum Gasteiger partial charge on any atom is 0.258 e. The number of aromatic nitrogens is 2. The van der Waals surface area contributed by atoms with Gasteiger partial charge in [0.1, 0.15) is 11.6 Å². The predicted octanol–water partition coefficient (Wildman–Crippen LogP) is 3.89. The van der Waals surface area contributed by atoms with Crippen molar-refractivity contribution in [3.05, 3.63) is 64.9 Å². The molecule has 0 radical (unpaired) electrons. The molecule has 0 unspecified atom stereocenters. The SMILES string of the molecule is CN1CCN(c2ccc(C(=O)Nc3n[nH]c4c3CN(S(=O)(=O)c3cc(F)cc(F)c3)CC4(C)C)c(NC3CCC(O)CC3)c2)CC1. The number of H-pyrrole nitrogens is 1. The lowest BCUT2D eigenvalue weighted by atomic mass is 9.84. The van der Waals surface area contributed by atoms with E-state index in [0.29, 0.717) is 41.4 Å². The number of likely N-dealkylation sites (N-methyl/N-ethyl adjacent to an activating group) is 1. The Morgan fingerprint density at radius 1 is 1.02 bits per heavy atom. The first-order valence-electron chi connectivity index (χ1n) is 15.7. The third-order valence-corrected chi connectivity index (χ3v) is 11.1. The molecule has 1 saturated heterocycles. The Morgan fingerprint density at radius 3 is 2.37 bits per heavy atom. The summed E-state index contributed by atoms with van der Waals surface area (Å²) in [6.07, 6.45) is 2.63. The zero-order chi connectivity index (χ0) is 32.8. The molecule has 1 saturated carbocycles. The Bertz CT molecular complexity index is 1690. The molecule has 14 heteroatoms. The van der Waals surface area contributed by atoms with Gasteiger partial charge < -0.3 is 25.5 Å². The molecule has 1 aliphatic carbocycles. The molecule has 11 nitrogen and oxygen atoms in total. The standard InChI is InChI=1S/C32H41F2N7O4S/c1-32(2)19-41(46(44,45)25-15-20(33)14-21(34)16-25)18-27-29(32)37-38-30(27)36-31(43)26-9-6-23(40-12-10-39(3)11-13-40)17-28(26)35-22-4-7-24(42)8-5-22/h6,9,14-17,22,24,35,42H,4-5,7-8,10-13,18-19H2,1-3H3,(H2,36,37,38,43). The smallest absolute Gasteiger partial charge is 0.258 e. The number of piperazine rings is 1. The lowest BCUT2D eigenvalue weighted by Crippen LogP contribution is -2.45. The summed E-state index contributed by atoms with van der Waals surface area (Å²) in [5.74, 6) is -2.20. The molecule has 4 N–H and O–H groups in total. The van der Waals surface area contributed by atoms with E-state index in [1.54, 1.807) is 6.07 Å². The number of carbonyl (C=O) groups is 1. The van der Waals surface area contributed by atoms with Gasteiger partial charge in [-0.2, -0.15) is 9.40 Å². The highest BCUT2D eigenvalue weighted by atomic mass is 32.2. The van der Waals surface area contributed by atoms with Gasteiger partial charge in [0, 0.05) is 79.4 Å². The zero-order valence-corrected chi connectivity index (χ0v) is 27.1. The molecular weight excluding hydrogens is 616 g/mol. The molecule has 1 aromatic heterocycles. The van der Waals surface area contributed by atoms with Crippen LogP contribution in [-0.2, 0) is 22.0 Å². The summed E-state index contributed by atoms with van der Waals surface area (Å²) in [6.45, 7) is 7.17. The minimum atomic E-state index is -4.28. The van der Waals surface area contributed by atoms with Crippen LogP contribution < -0.4 is 15.5 Å². The first-order chi connectivity index (χ1) is 21.8. The number of benzene rings is 2. The number of nitrogens with zero attached hydrogens (tertiary/aromatic N) is 4. The van der Waals surface area contributed by atoms with E-state index in [4.69, 9.17) is 0 Å². The molecule has 2 fully saturated rings. The van der Waals surface area contributed by atoms with Crippen LogP contribution in [0.2, 0.25) is 0 Å². The average molecular weight is 658 g/mol. The fraction of sp³-hybridized carbons (Fsp3) is 0.500. The summed E-state index contributed by atoms with van der Waals surface area (Å²) in [7, 11) is -2.18. The van der Waals surface area contributed by atoms with Gasteiger partial charge in [0.15, 0.2) is 5.82 Å². The Morgan fingerprint density at radius 2 is 1.70 bits per heavy atom. The molecule has 46 heavy (non-hydrogen) atoms. The largest absolute Gasteiger partial charge is 0.393 e. The molecule has 3 aromatic rings. The van der Waals surface area contributed by atoms with Crippen molar-refractivity contribution in [1.82, 2.24) is 19.4 Å². The van der Waals surface area contributed by atoms with Crippen molar-refractivity contribution < 1.29 is 27.1 Å². The number of aromatic amines is 1. The normalized spacial score (nSPS) is 22.3. The lowest BCUT2D eigenvalue weighted by Gasteiger charge is -2.37. The van der Waals surface area contributed by atoms with Crippen LogP contribution in [0, 0.1) is 11.6 Å². The number of amides is 1. The summed E-state index contributed by atoms with van der Waals surface area (Å²) >= 11 is 0. The van der Waals surface area contributed by atoms with Gasteiger partial charge in [0.2, 0.25) is 10.0 Å². The number of hydrogen-bond donors (Lipinski definition) is 4. The molecule has 3 heterocycles. The van der Waals surface area contributed by atoms with E-state index in [-0.39, 0.29) is 31.1 Å². The second-order valence-electron chi connectivity index (χ2n) is 13.3. The maximum atomic E-state index is 14.0. The van der Waals surface area contributed by atoms with Crippen LogP contribution in [0.4, 0.5) is 26.0 Å². The molecule has 6 rings (SSSR count). The van der Waals surface area contributed by atoms with E-state index in [9.17, 15) is 27.1 Å². The number of hydrogen-bond acceptors (Lipinski definition) is 8. The Hall–Kier alpha value is -3.59. The second kappa shape index (κ2) is 12.5. The van der Waals surface area contributed by atoms with Gasteiger partial charge in [-0.15, -0.1) is 0 Å². The highest BCUT2D eigenvalue weighted by Gasteiger charge is 2.41. The first-order valence-corrected chi connectivity index (χ1v) is 17.1. The predicted molar refractivity (Wildman–Crippen MR) is 172 cm³/mol. The number of sulfonamides is 1. The molecular formula is C32H41F2N7O4S. The van der Waals surface area contributed by atoms with Gasteiger partial charge in [0.05, 0.1) is 16.6 Å². The van der Waals surface area contributed by atoms with Crippen molar-refractivity contribution in [3.8, 4) is 0 Å². The monoisotopic (exact) mass is 657 g/mol. The summed E-state index contributed by atoms with van der Waals surface area (Å²) in [5.41, 5.74) is 2.51. The number of carbonyl (C=O) groups excluding carboxylic acids is 1. The lowest BCUT2D eigenvalue weighted by molar-refractivity contribution is 0.102. The van der Waals surface area contributed by atoms with E-state index in [2.05, 4.69) is 37.7 Å². The van der Waals surface area contributed by atoms with Crippen LogP contribution in [-0.4, -0.2) is 90.8 Å². The number of halogens is 2. The van der Waals surface area contributed by atoms with Crippen molar-refractivity contribution in [2.24, 2.45) is 0 Å². The molecule has 2 aliphatic heterocycles. The van der Waals surface area contributed by atoms with Crippen LogP contribution in [0.25, 0.3) is 0 Å². The highest BCUT2D eigenvalue weighted by Crippen LogP contribution is 2.38. The number of fused-ring (bicyclic) bond motifs is 1. The minimum absolute atomic E-state index is 0.0357. The number of aliphatic hydroxyl groups excluding tert-OH is 1. The Labute approximate surface area is 268 Å². The Balaban J connectivity index is 1.28.